The van der Waals surface area contributed by atoms with Gasteiger partial charge in [0.1, 0.15) is 5.60 Å². The minimum atomic E-state index is -0.502. The monoisotopic (exact) mass is 170 g/mol. The van der Waals surface area contributed by atoms with Crippen LogP contribution in [0, 0.1) is 5.41 Å². The quantitative estimate of drug-likeness (QED) is 0.635. The predicted molar refractivity (Wildman–Crippen MR) is 48.1 cm³/mol. The van der Waals surface area contributed by atoms with Crippen molar-refractivity contribution < 1.29 is 9.53 Å². The smallest absolute Gasteiger partial charge is 0.169 e. The second-order valence-electron chi connectivity index (χ2n) is 4.38. The molecular formula is C10H18O2. The van der Waals surface area contributed by atoms with Crippen molar-refractivity contribution in [3.05, 3.63) is 0 Å². The van der Waals surface area contributed by atoms with Crippen LogP contribution in [0.25, 0.3) is 0 Å². The minimum absolute atomic E-state index is 0.177. The molecule has 0 amide bonds. The van der Waals surface area contributed by atoms with Gasteiger partial charge in [-0.1, -0.05) is 13.8 Å². The Bertz CT molecular complexity index is 196. The summed E-state index contributed by atoms with van der Waals surface area (Å²) in [5.74, 6) is 0.261. The van der Waals surface area contributed by atoms with Crippen LogP contribution in [0.4, 0.5) is 0 Å². The lowest BCUT2D eigenvalue weighted by Gasteiger charge is -2.24. The molecule has 2 heteroatoms. The molecule has 1 aliphatic rings. The first kappa shape index (κ1) is 9.72. The van der Waals surface area contributed by atoms with E-state index in [2.05, 4.69) is 0 Å². The zero-order valence-electron chi connectivity index (χ0n) is 8.44. The third-order valence-electron chi connectivity index (χ3n) is 2.78. The number of rotatable bonds is 2. The van der Waals surface area contributed by atoms with E-state index in [-0.39, 0.29) is 11.2 Å². The summed E-state index contributed by atoms with van der Waals surface area (Å²) in [7, 11) is 0. The summed E-state index contributed by atoms with van der Waals surface area (Å²) < 4.78 is 5.49. The largest absolute Gasteiger partial charge is 0.368 e. The lowest BCUT2D eigenvalue weighted by Crippen LogP contribution is -2.38. The SMILES string of the molecule is CCOC1(C)CCC(C)(C)C1=O. The van der Waals surface area contributed by atoms with E-state index < -0.39 is 5.60 Å². The van der Waals surface area contributed by atoms with Crippen LogP contribution in [0.15, 0.2) is 0 Å². The van der Waals surface area contributed by atoms with E-state index in [0.29, 0.717) is 6.61 Å². The zero-order valence-corrected chi connectivity index (χ0v) is 8.44. The summed E-state index contributed by atoms with van der Waals surface area (Å²) in [6.45, 7) is 8.47. The molecule has 1 saturated carbocycles. The number of hydrogen-bond donors (Lipinski definition) is 0. The van der Waals surface area contributed by atoms with Crippen LogP contribution in [-0.2, 0) is 9.53 Å². The van der Waals surface area contributed by atoms with E-state index in [1.54, 1.807) is 0 Å². The van der Waals surface area contributed by atoms with Crippen molar-refractivity contribution >= 4 is 5.78 Å². The fraction of sp³-hybridized carbons (Fsp3) is 0.900. The van der Waals surface area contributed by atoms with Crippen molar-refractivity contribution in [1.82, 2.24) is 0 Å². The van der Waals surface area contributed by atoms with Gasteiger partial charge in [-0.05, 0) is 26.7 Å². The van der Waals surface area contributed by atoms with Gasteiger partial charge in [-0.3, -0.25) is 4.79 Å². The third kappa shape index (κ3) is 1.40. The molecule has 0 spiro atoms. The van der Waals surface area contributed by atoms with Gasteiger partial charge in [-0.2, -0.15) is 0 Å². The van der Waals surface area contributed by atoms with Gasteiger partial charge in [-0.15, -0.1) is 0 Å². The van der Waals surface area contributed by atoms with Crippen molar-refractivity contribution in [2.45, 2.75) is 46.1 Å². The van der Waals surface area contributed by atoms with Crippen molar-refractivity contribution in [1.29, 1.82) is 0 Å². The molecule has 0 aromatic heterocycles. The summed E-state index contributed by atoms with van der Waals surface area (Å²) in [6.07, 6.45) is 1.81. The van der Waals surface area contributed by atoms with Crippen LogP contribution in [-0.4, -0.2) is 18.0 Å². The van der Waals surface area contributed by atoms with Crippen LogP contribution in [0.3, 0.4) is 0 Å². The summed E-state index contributed by atoms with van der Waals surface area (Å²) in [5.41, 5.74) is -0.678. The summed E-state index contributed by atoms with van der Waals surface area (Å²) in [4.78, 5) is 11.8. The number of ketones is 1. The molecule has 0 radical (unpaired) electrons. The Labute approximate surface area is 74.3 Å². The van der Waals surface area contributed by atoms with E-state index >= 15 is 0 Å². The molecule has 1 unspecified atom stereocenters. The average Bonchev–Trinajstić information content (AvgIpc) is 2.17. The molecule has 1 aliphatic carbocycles. The van der Waals surface area contributed by atoms with Gasteiger partial charge >= 0.3 is 0 Å². The molecule has 0 bridgehead atoms. The van der Waals surface area contributed by atoms with Gasteiger partial charge in [0.05, 0.1) is 0 Å². The molecule has 70 valence electrons. The first-order valence-corrected chi connectivity index (χ1v) is 4.61. The Kier molecular flexibility index (Phi) is 2.30. The van der Waals surface area contributed by atoms with Gasteiger partial charge in [0.2, 0.25) is 0 Å². The lowest BCUT2D eigenvalue weighted by molar-refractivity contribution is -0.143. The molecule has 1 fully saturated rings. The first-order valence-electron chi connectivity index (χ1n) is 4.61. The number of Topliss-reactive ketones (excluding diaryl/α,β-unsaturated/α-hetero) is 1. The third-order valence-corrected chi connectivity index (χ3v) is 2.78. The first-order chi connectivity index (χ1) is 5.42. The topological polar surface area (TPSA) is 26.3 Å². The van der Waals surface area contributed by atoms with E-state index in [0.717, 1.165) is 12.8 Å². The van der Waals surface area contributed by atoms with Crippen LogP contribution < -0.4 is 0 Å². The van der Waals surface area contributed by atoms with Gasteiger partial charge in [0, 0.05) is 12.0 Å². The Hall–Kier alpha value is -0.370. The molecule has 1 atom stereocenters. The number of ether oxygens (including phenoxy) is 1. The molecule has 0 N–H and O–H groups in total. The maximum atomic E-state index is 11.8. The number of hydrogen-bond acceptors (Lipinski definition) is 2. The van der Waals surface area contributed by atoms with Crippen molar-refractivity contribution in [2.24, 2.45) is 5.41 Å². The Morgan fingerprint density at radius 2 is 1.92 bits per heavy atom. The highest BCUT2D eigenvalue weighted by Crippen LogP contribution is 2.41. The molecule has 2 nitrogen and oxygen atoms in total. The number of carbonyl (C=O) groups excluding carboxylic acids is 1. The maximum absolute atomic E-state index is 11.8. The molecule has 0 aromatic carbocycles. The van der Waals surface area contributed by atoms with Crippen LogP contribution in [0.2, 0.25) is 0 Å². The molecule has 0 aromatic rings. The van der Waals surface area contributed by atoms with E-state index in [1.165, 1.54) is 0 Å². The van der Waals surface area contributed by atoms with Crippen LogP contribution in [0.5, 0.6) is 0 Å². The molecular weight excluding hydrogens is 152 g/mol. The average molecular weight is 170 g/mol. The highest BCUT2D eigenvalue weighted by Gasteiger charge is 2.49. The lowest BCUT2D eigenvalue weighted by atomic mass is 9.88. The van der Waals surface area contributed by atoms with E-state index in [1.807, 2.05) is 27.7 Å². The summed E-state index contributed by atoms with van der Waals surface area (Å²) in [5, 5.41) is 0. The van der Waals surface area contributed by atoms with E-state index in [4.69, 9.17) is 4.74 Å². The van der Waals surface area contributed by atoms with Crippen LogP contribution in [0.1, 0.15) is 40.5 Å². The Balaban J connectivity index is 2.78. The second kappa shape index (κ2) is 2.84. The highest BCUT2D eigenvalue weighted by molar-refractivity contribution is 5.93. The molecule has 1 rings (SSSR count). The molecule has 0 heterocycles. The van der Waals surface area contributed by atoms with Gasteiger partial charge in [0.15, 0.2) is 5.78 Å². The van der Waals surface area contributed by atoms with Crippen molar-refractivity contribution in [2.75, 3.05) is 6.61 Å². The normalized spacial score (nSPS) is 34.2. The fourth-order valence-electron chi connectivity index (χ4n) is 1.95. The van der Waals surface area contributed by atoms with Gasteiger partial charge < -0.3 is 4.74 Å². The maximum Gasteiger partial charge on any atom is 0.169 e. The zero-order chi connectivity index (χ0) is 9.41. The van der Waals surface area contributed by atoms with E-state index in [9.17, 15) is 4.79 Å². The summed E-state index contributed by atoms with van der Waals surface area (Å²) in [6, 6.07) is 0. The fourth-order valence-corrected chi connectivity index (χ4v) is 1.95. The summed E-state index contributed by atoms with van der Waals surface area (Å²) >= 11 is 0. The minimum Gasteiger partial charge on any atom is -0.368 e. The molecule has 12 heavy (non-hydrogen) atoms. The highest BCUT2D eigenvalue weighted by atomic mass is 16.5. The molecule has 0 aliphatic heterocycles. The van der Waals surface area contributed by atoms with Gasteiger partial charge in [-0.25, -0.2) is 0 Å². The standard InChI is InChI=1S/C10H18O2/c1-5-12-10(4)7-6-9(2,3)8(10)11/h5-7H2,1-4H3. The second-order valence-corrected chi connectivity index (χ2v) is 4.38. The van der Waals surface area contributed by atoms with Gasteiger partial charge in [0.25, 0.3) is 0 Å². The van der Waals surface area contributed by atoms with Crippen molar-refractivity contribution in [3.8, 4) is 0 Å². The van der Waals surface area contributed by atoms with Crippen molar-refractivity contribution in [3.63, 3.8) is 0 Å². The number of carbonyl (C=O) groups is 1. The molecule has 0 saturated heterocycles. The predicted octanol–water partition coefficient (Wildman–Crippen LogP) is 2.17. The Morgan fingerprint density at radius 3 is 2.25 bits per heavy atom. The van der Waals surface area contributed by atoms with Crippen LogP contribution >= 0.6 is 0 Å². The Morgan fingerprint density at radius 1 is 1.33 bits per heavy atom.